The average Bonchev–Trinajstić information content (AvgIpc) is 3.02. The van der Waals surface area contributed by atoms with Gasteiger partial charge in [0.15, 0.2) is 11.5 Å². The van der Waals surface area contributed by atoms with E-state index in [1.807, 2.05) is 31.2 Å². The van der Waals surface area contributed by atoms with Crippen molar-refractivity contribution < 1.29 is 52.0 Å². The van der Waals surface area contributed by atoms with Crippen LogP contribution < -0.4 is 19.1 Å². The number of aryl methyl sites for hydroxylation is 1. The van der Waals surface area contributed by atoms with Crippen LogP contribution in [-0.4, -0.2) is 72.9 Å². The van der Waals surface area contributed by atoms with Crippen molar-refractivity contribution in [2.75, 3.05) is 38.8 Å². The summed E-state index contributed by atoms with van der Waals surface area (Å²) in [5.74, 6) is -2.18. The van der Waals surface area contributed by atoms with Crippen LogP contribution in [0.4, 0.5) is 18.9 Å². The number of fused-ring (bicyclic) bond motifs is 2. The van der Waals surface area contributed by atoms with Gasteiger partial charge in [0.05, 0.1) is 31.5 Å². The number of hydrogen-bond acceptors (Lipinski definition) is 7. The summed E-state index contributed by atoms with van der Waals surface area (Å²) in [7, 11) is 3.24. The third-order valence-corrected chi connectivity index (χ3v) is 7.58. The van der Waals surface area contributed by atoms with E-state index in [9.17, 15) is 18.0 Å². The van der Waals surface area contributed by atoms with Gasteiger partial charge in [-0.05, 0) is 78.9 Å². The average molecular weight is 631 g/mol. The predicted molar refractivity (Wildman–Crippen MR) is 157 cm³/mol. The molecule has 1 amide bonds. The highest BCUT2D eigenvalue weighted by molar-refractivity contribution is 6.27. The molecule has 5 rings (SSSR count). The van der Waals surface area contributed by atoms with Gasteiger partial charge in [-0.1, -0.05) is 12.1 Å². The summed E-state index contributed by atoms with van der Waals surface area (Å²) in [6, 6.07) is 13.8. The van der Waals surface area contributed by atoms with Gasteiger partial charge in [-0.3, -0.25) is 14.6 Å². The Hall–Kier alpha value is -4.78. The number of methoxy groups -OCH3 is 2. The smallest absolute Gasteiger partial charge is 0.416 e. The van der Waals surface area contributed by atoms with E-state index in [0.717, 1.165) is 42.8 Å². The highest BCUT2D eigenvalue weighted by atomic mass is 19.4. The van der Waals surface area contributed by atoms with Gasteiger partial charge in [0.25, 0.3) is 5.91 Å². The third-order valence-electron chi connectivity index (χ3n) is 7.58. The lowest BCUT2D eigenvalue weighted by Gasteiger charge is -2.39. The fourth-order valence-corrected chi connectivity index (χ4v) is 5.31. The largest absolute Gasteiger partial charge is 0.493 e. The second-order valence-electron chi connectivity index (χ2n) is 10.6. The lowest BCUT2D eigenvalue weighted by atomic mass is 9.98. The molecule has 13 heteroatoms. The summed E-state index contributed by atoms with van der Waals surface area (Å²) in [4.78, 5) is 35.9. The van der Waals surface area contributed by atoms with Crippen molar-refractivity contribution in [3.8, 4) is 17.2 Å². The Morgan fingerprint density at radius 1 is 0.956 bits per heavy atom. The molecule has 0 saturated heterocycles. The van der Waals surface area contributed by atoms with Crippen LogP contribution in [0.3, 0.4) is 0 Å². The first-order valence-electron chi connectivity index (χ1n) is 14.0. The van der Waals surface area contributed by atoms with E-state index in [1.54, 1.807) is 25.2 Å². The first-order chi connectivity index (χ1) is 21.3. The van der Waals surface area contributed by atoms with E-state index in [0.29, 0.717) is 35.9 Å². The van der Waals surface area contributed by atoms with Crippen LogP contribution in [0.15, 0.2) is 54.6 Å². The molecule has 0 aromatic heterocycles. The van der Waals surface area contributed by atoms with Gasteiger partial charge >= 0.3 is 18.1 Å². The minimum absolute atomic E-state index is 0.00266. The van der Waals surface area contributed by atoms with Gasteiger partial charge in [-0.2, -0.15) is 13.2 Å². The molecule has 0 saturated carbocycles. The second-order valence-corrected chi connectivity index (χ2v) is 10.6. The maximum absolute atomic E-state index is 13.8. The number of anilines is 1. The summed E-state index contributed by atoms with van der Waals surface area (Å²) in [5, 5.41) is 14.8. The number of nitrogens with zero attached hydrogens (tertiary/aromatic N) is 2. The molecule has 3 aromatic rings. The normalized spacial score (nSPS) is 15.9. The Balaban J connectivity index is 0.000000700. The molecular weight excluding hydrogens is 597 g/mol. The van der Waals surface area contributed by atoms with Gasteiger partial charge in [0.1, 0.15) is 12.4 Å². The summed E-state index contributed by atoms with van der Waals surface area (Å²) in [6.07, 6.45) is -3.08. The number of amides is 1. The molecule has 0 spiro atoms. The summed E-state index contributed by atoms with van der Waals surface area (Å²) >= 11 is 0. The molecule has 240 valence electrons. The topological polar surface area (TPSA) is 126 Å². The lowest BCUT2D eigenvalue weighted by molar-refractivity contribution is -0.159. The number of carbonyl (C=O) groups is 3. The van der Waals surface area contributed by atoms with Crippen molar-refractivity contribution in [3.05, 3.63) is 82.4 Å². The van der Waals surface area contributed by atoms with Crippen molar-refractivity contribution >= 4 is 23.5 Å². The number of alkyl halides is 3. The molecule has 10 nitrogen and oxygen atoms in total. The summed E-state index contributed by atoms with van der Waals surface area (Å²) < 4.78 is 57.1. The van der Waals surface area contributed by atoms with Crippen LogP contribution in [0.5, 0.6) is 17.2 Å². The fourth-order valence-electron chi connectivity index (χ4n) is 5.31. The van der Waals surface area contributed by atoms with Crippen LogP contribution in [0.25, 0.3) is 0 Å². The Morgan fingerprint density at radius 3 is 2.24 bits per heavy atom. The van der Waals surface area contributed by atoms with Gasteiger partial charge < -0.3 is 24.4 Å². The Labute approximate surface area is 257 Å². The number of ether oxygens (including phenoxy) is 3. The molecule has 0 fully saturated rings. The number of rotatable bonds is 6. The molecule has 1 atom stereocenters. The lowest BCUT2D eigenvalue weighted by Crippen LogP contribution is -2.48. The van der Waals surface area contributed by atoms with Gasteiger partial charge in [-0.25, -0.2) is 9.59 Å². The van der Waals surface area contributed by atoms with Gasteiger partial charge in [-0.15, -0.1) is 0 Å². The van der Waals surface area contributed by atoms with E-state index in [1.165, 1.54) is 17.7 Å². The molecule has 0 bridgehead atoms. The molecule has 2 aliphatic rings. The van der Waals surface area contributed by atoms with Gasteiger partial charge in [0, 0.05) is 25.2 Å². The molecule has 3 aromatic carbocycles. The molecular formula is C32H33F3N2O8. The summed E-state index contributed by atoms with van der Waals surface area (Å²) in [5.41, 5.74) is 3.04. The van der Waals surface area contributed by atoms with E-state index in [4.69, 9.17) is 34.0 Å². The van der Waals surface area contributed by atoms with Gasteiger partial charge in [0.2, 0.25) is 0 Å². The number of carbonyl (C=O) groups excluding carboxylic acids is 1. The molecule has 0 radical (unpaired) electrons. The maximum atomic E-state index is 13.8. The predicted octanol–water partition coefficient (Wildman–Crippen LogP) is 5.04. The Kier molecular flexibility index (Phi) is 10.2. The van der Waals surface area contributed by atoms with Crippen LogP contribution in [0.1, 0.15) is 39.0 Å². The Morgan fingerprint density at radius 2 is 1.62 bits per heavy atom. The number of aliphatic carboxylic acids is 2. The van der Waals surface area contributed by atoms with Crippen LogP contribution in [-0.2, 0) is 28.7 Å². The maximum Gasteiger partial charge on any atom is 0.416 e. The number of hydrogen-bond donors (Lipinski definition) is 2. The van der Waals surface area contributed by atoms with E-state index >= 15 is 0 Å². The number of halogens is 3. The zero-order valence-electron chi connectivity index (χ0n) is 24.9. The SMILES string of the molecule is COc1cc2c(cc1OC)CN(CCC1COc3ccc(C)cc3N1C(=O)c1cccc(C(F)(F)F)c1)CC2.O=C(O)C(=O)O. The van der Waals surface area contributed by atoms with Crippen molar-refractivity contribution in [2.45, 2.75) is 38.5 Å². The Bertz CT molecular complexity index is 1560. The molecule has 0 aliphatic carbocycles. The third kappa shape index (κ3) is 7.85. The molecule has 1 unspecified atom stereocenters. The zero-order chi connectivity index (χ0) is 32.9. The molecule has 2 heterocycles. The molecule has 2 N–H and O–H groups in total. The number of benzene rings is 3. The van der Waals surface area contributed by atoms with Crippen LogP contribution >= 0.6 is 0 Å². The summed E-state index contributed by atoms with van der Waals surface area (Å²) in [6.45, 7) is 4.42. The number of carboxylic acid groups (broad SMARTS) is 2. The zero-order valence-corrected chi connectivity index (χ0v) is 24.9. The quantitative estimate of drug-likeness (QED) is 0.360. The minimum Gasteiger partial charge on any atom is -0.493 e. The monoisotopic (exact) mass is 630 g/mol. The van der Waals surface area contributed by atoms with Crippen molar-refractivity contribution in [1.29, 1.82) is 0 Å². The highest BCUT2D eigenvalue weighted by Gasteiger charge is 2.36. The van der Waals surface area contributed by atoms with E-state index in [2.05, 4.69) is 4.90 Å². The minimum atomic E-state index is -4.54. The van der Waals surface area contributed by atoms with Crippen molar-refractivity contribution in [2.24, 2.45) is 0 Å². The van der Waals surface area contributed by atoms with Crippen LogP contribution in [0.2, 0.25) is 0 Å². The van der Waals surface area contributed by atoms with Crippen LogP contribution in [0, 0.1) is 6.92 Å². The van der Waals surface area contributed by atoms with E-state index in [-0.39, 0.29) is 18.2 Å². The number of carboxylic acids is 2. The first kappa shape index (κ1) is 33.1. The highest BCUT2D eigenvalue weighted by Crippen LogP contribution is 2.38. The fraction of sp³-hybridized carbons (Fsp3) is 0.344. The second kappa shape index (κ2) is 13.9. The van der Waals surface area contributed by atoms with Crippen molar-refractivity contribution in [1.82, 2.24) is 4.90 Å². The standard InChI is InChI=1S/C30H31F3N2O4.C2H2O4/c1-19-7-8-26-25(13-19)35(29(36)21-5-4-6-23(14-21)30(31,32)33)24(18-39-26)10-12-34-11-9-20-15-27(37-2)28(38-3)16-22(20)17-34;3-1(4)2(5)6/h4-8,13-16,24H,9-12,17-18H2,1-3H3;(H,3,4)(H,5,6). The van der Waals surface area contributed by atoms with E-state index < -0.39 is 29.6 Å². The molecule has 45 heavy (non-hydrogen) atoms. The first-order valence-corrected chi connectivity index (χ1v) is 14.0. The van der Waals surface area contributed by atoms with Crippen molar-refractivity contribution in [3.63, 3.8) is 0 Å². The molecule has 2 aliphatic heterocycles.